The molecule has 14 heavy (non-hydrogen) atoms. The lowest BCUT2D eigenvalue weighted by molar-refractivity contribution is 0.738. The van der Waals surface area contributed by atoms with Gasteiger partial charge in [-0.2, -0.15) is 10.2 Å². The van der Waals surface area contributed by atoms with Gasteiger partial charge in [0.05, 0.1) is 23.8 Å². The summed E-state index contributed by atoms with van der Waals surface area (Å²) in [5, 5.41) is 8.28. The van der Waals surface area contributed by atoms with Crippen LogP contribution in [-0.2, 0) is 14.1 Å². The molecule has 2 aromatic heterocycles. The number of aromatic nitrogens is 4. The van der Waals surface area contributed by atoms with Crippen molar-refractivity contribution < 1.29 is 0 Å². The summed E-state index contributed by atoms with van der Waals surface area (Å²) >= 11 is 0. The third kappa shape index (κ3) is 1.09. The largest absolute Gasteiger partial charge is 0.396 e. The Morgan fingerprint density at radius 3 is 2.07 bits per heavy atom. The van der Waals surface area contributed by atoms with E-state index in [4.69, 9.17) is 5.73 Å². The lowest BCUT2D eigenvalue weighted by Gasteiger charge is -2.05. The lowest BCUT2D eigenvalue weighted by Crippen LogP contribution is -2.02. The second kappa shape index (κ2) is 2.87. The van der Waals surface area contributed by atoms with E-state index in [0.29, 0.717) is 5.69 Å². The van der Waals surface area contributed by atoms with Crippen molar-refractivity contribution >= 4 is 5.69 Å². The predicted molar refractivity (Wildman–Crippen MR) is 54.6 cm³/mol. The molecule has 0 spiro atoms. The summed E-state index contributed by atoms with van der Waals surface area (Å²) < 4.78 is 3.57. The van der Waals surface area contributed by atoms with Crippen LogP contribution in [0.5, 0.6) is 0 Å². The Morgan fingerprint density at radius 2 is 1.64 bits per heavy atom. The Hall–Kier alpha value is -1.78. The van der Waals surface area contributed by atoms with Gasteiger partial charge in [0.1, 0.15) is 5.69 Å². The van der Waals surface area contributed by atoms with Gasteiger partial charge in [-0.05, 0) is 12.5 Å². The molecular weight excluding hydrogens is 178 g/mol. The van der Waals surface area contributed by atoms with Crippen LogP contribution in [0.15, 0.2) is 12.4 Å². The zero-order valence-electron chi connectivity index (χ0n) is 8.52. The van der Waals surface area contributed by atoms with E-state index in [1.807, 2.05) is 31.9 Å². The summed E-state index contributed by atoms with van der Waals surface area (Å²) in [5.74, 6) is 0. The normalized spacial score (nSPS) is 10.8. The van der Waals surface area contributed by atoms with Gasteiger partial charge < -0.3 is 5.73 Å². The molecule has 5 nitrogen and oxygen atoms in total. The standard InChI is InChI=1S/C9H13N5/c1-6-4-11-13(2)8(6)9-7(10)5-12-14(9)3/h4-5H,10H2,1-3H3. The van der Waals surface area contributed by atoms with Gasteiger partial charge in [0, 0.05) is 14.1 Å². The number of hydrogen-bond donors (Lipinski definition) is 1. The number of nitrogen functional groups attached to an aromatic ring is 1. The molecular formula is C9H13N5. The molecule has 0 aromatic carbocycles. The van der Waals surface area contributed by atoms with Gasteiger partial charge in [-0.25, -0.2) is 0 Å². The van der Waals surface area contributed by atoms with Gasteiger partial charge >= 0.3 is 0 Å². The Kier molecular flexibility index (Phi) is 1.80. The van der Waals surface area contributed by atoms with Crippen LogP contribution in [0.25, 0.3) is 11.4 Å². The molecule has 0 aliphatic rings. The summed E-state index contributed by atoms with van der Waals surface area (Å²) in [5.41, 5.74) is 9.56. The van der Waals surface area contributed by atoms with E-state index in [2.05, 4.69) is 10.2 Å². The molecule has 0 radical (unpaired) electrons. The van der Waals surface area contributed by atoms with Crippen LogP contribution in [-0.4, -0.2) is 19.6 Å². The number of nitrogens with zero attached hydrogens (tertiary/aromatic N) is 4. The molecule has 2 aromatic rings. The van der Waals surface area contributed by atoms with Crippen molar-refractivity contribution in [2.75, 3.05) is 5.73 Å². The Balaban J connectivity index is 2.71. The Morgan fingerprint density at radius 1 is 1.07 bits per heavy atom. The van der Waals surface area contributed by atoms with Gasteiger partial charge in [-0.15, -0.1) is 0 Å². The first-order valence-corrected chi connectivity index (χ1v) is 4.37. The monoisotopic (exact) mass is 191 g/mol. The topological polar surface area (TPSA) is 61.7 Å². The van der Waals surface area contributed by atoms with E-state index < -0.39 is 0 Å². The van der Waals surface area contributed by atoms with Gasteiger partial charge in [0.2, 0.25) is 0 Å². The van der Waals surface area contributed by atoms with Crippen molar-refractivity contribution in [2.45, 2.75) is 6.92 Å². The first kappa shape index (κ1) is 8.80. The molecule has 0 aliphatic heterocycles. The van der Waals surface area contributed by atoms with Crippen molar-refractivity contribution in [1.82, 2.24) is 19.6 Å². The van der Waals surface area contributed by atoms with Gasteiger partial charge in [0.15, 0.2) is 0 Å². The number of anilines is 1. The van der Waals surface area contributed by atoms with Gasteiger partial charge in [0.25, 0.3) is 0 Å². The SMILES string of the molecule is Cc1cnn(C)c1-c1c(N)cnn1C. The fourth-order valence-electron chi connectivity index (χ4n) is 1.63. The van der Waals surface area contributed by atoms with Crippen molar-refractivity contribution in [3.05, 3.63) is 18.0 Å². The molecule has 0 atom stereocenters. The number of aryl methyl sites for hydroxylation is 3. The van der Waals surface area contributed by atoms with Crippen LogP contribution in [0, 0.1) is 6.92 Å². The minimum Gasteiger partial charge on any atom is -0.396 e. The van der Waals surface area contributed by atoms with Crippen molar-refractivity contribution in [3.8, 4) is 11.4 Å². The molecule has 0 unspecified atom stereocenters. The van der Waals surface area contributed by atoms with Crippen molar-refractivity contribution in [3.63, 3.8) is 0 Å². The Labute approximate surface area is 82.1 Å². The van der Waals surface area contributed by atoms with Crippen LogP contribution < -0.4 is 5.73 Å². The smallest absolute Gasteiger partial charge is 0.109 e. The summed E-state index contributed by atoms with van der Waals surface area (Å²) in [4.78, 5) is 0. The molecule has 0 saturated carbocycles. The van der Waals surface area contributed by atoms with Gasteiger partial charge in [-0.3, -0.25) is 9.36 Å². The summed E-state index contributed by atoms with van der Waals surface area (Å²) in [6.07, 6.45) is 3.48. The van der Waals surface area contributed by atoms with Crippen LogP contribution in [0.1, 0.15) is 5.56 Å². The van der Waals surface area contributed by atoms with E-state index in [0.717, 1.165) is 17.0 Å². The van der Waals surface area contributed by atoms with Crippen molar-refractivity contribution in [1.29, 1.82) is 0 Å². The first-order valence-electron chi connectivity index (χ1n) is 4.37. The summed E-state index contributed by atoms with van der Waals surface area (Å²) in [7, 11) is 3.77. The minimum absolute atomic E-state index is 0.680. The molecule has 0 bridgehead atoms. The molecule has 0 amide bonds. The molecule has 74 valence electrons. The molecule has 0 saturated heterocycles. The molecule has 5 heteroatoms. The molecule has 2 heterocycles. The maximum Gasteiger partial charge on any atom is 0.109 e. The molecule has 0 fully saturated rings. The molecule has 2 rings (SSSR count). The highest BCUT2D eigenvalue weighted by Gasteiger charge is 2.14. The summed E-state index contributed by atoms with van der Waals surface area (Å²) in [6.45, 7) is 2.01. The van der Waals surface area contributed by atoms with Crippen LogP contribution in [0.2, 0.25) is 0 Å². The maximum absolute atomic E-state index is 5.85. The average molecular weight is 191 g/mol. The highest BCUT2D eigenvalue weighted by molar-refractivity contribution is 5.71. The minimum atomic E-state index is 0.680. The first-order chi connectivity index (χ1) is 6.61. The second-order valence-electron chi connectivity index (χ2n) is 3.37. The van der Waals surface area contributed by atoms with E-state index in [-0.39, 0.29) is 0 Å². The predicted octanol–water partition coefficient (Wildman–Crippen LogP) is 0.711. The van der Waals surface area contributed by atoms with Crippen LogP contribution in [0.4, 0.5) is 5.69 Å². The Bertz CT molecular complexity index is 382. The highest BCUT2D eigenvalue weighted by Crippen LogP contribution is 2.26. The molecule has 2 N–H and O–H groups in total. The van der Waals surface area contributed by atoms with Crippen molar-refractivity contribution in [2.24, 2.45) is 14.1 Å². The third-order valence-electron chi connectivity index (χ3n) is 2.31. The third-order valence-corrected chi connectivity index (χ3v) is 2.31. The number of nitrogens with two attached hydrogens (primary N) is 1. The highest BCUT2D eigenvalue weighted by atomic mass is 15.3. The fraction of sp³-hybridized carbons (Fsp3) is 0.333. The van der Waals surface area contributed by atoms with E-state index in [9.17, 15) is 0 Å². The van der Waals surface area contributed by atoms with E-state index in [1.165, 1.54) is 0 Å². The van der Waals surface area contributed by atoms with Crippen LogP contribution >= 0.6 is 0 Å². The van der Waals surface area contributed by atoms with Gasteiger partial charge in [-0.1, -0.05) is 0 Å². The zero-order chi connectivity index (χ0) is 10.3. The van der Waals surface area contributed by atoms with E-state index in [1.54, 1.807) is 10.9 Å². The lowest BCUT2D eigenvalue weighted by atomic mass is 10.2. The number of hydrogen-bond acceptors (Lipinski definition) is 3. The maximum atomic E-state index is 5.85. The van der Waals surface area contributed by atoms with Crippen LogP contribution in [0.3, 0.4) is 0 Å². The summed E-state index contributed by atoms with van der Waals surface area (Å²) in [6, 6.07) is 0. The second-order valence-corrected chi connectivity index (χ2v) is 3.37. The van der Waals surface area contributed by atoms with E-state index >= 15 is 0 Å². The quantitative estimate of drug-likeness (QED) is 0.722. The fourth-order valence-corrected chi connectivity index (χ4v) is 1.63. The average Bonchev–Trinajstić information content (AvgIpc) is 2.60. The number of rotatable bonds is 1. The molecule has 0 aliphatic carbocycles. The zero-order valence-corrected chi connectivity index (χ0v) is 8.52.